The van der Waals surface area contributed by atoms with Gasteiger partial charge in [0.15, 0.2) is 9.84 Å². The van der Waals surface area contributed by atoms with Crippen molar-refractivity contribution < 1.29 is 42.1 Å². The molecule has 0 bridgehead atoms. The molecule has 1 heterocycles. The zero-order valence-electron chi connectivity index (χ0n) is 26.0. The monoisotopic (exact) mass is 648 g/mol. The van der Waals surface area contributed by atoms with Crippen molar-refractivity contribution in [1.29, 1.82) is 0 Å². The summed E-state index contributed by atoms with van der Waals surface area (Å²) in [4.78, 5) is 26.0. The van der Waals surface area contributed by atoms with Crippen LogP contribution in [0.15, 0.2) is 120 Å². The first-order valence-electron chi connectivity index (χ1n) is 15.0. The molecule has 1 saturated heterocycles. The molecule has 0 radical (unpaired) electrons. The molecule has 6 atom stereocenters. The maximum atomic E-state index is 13.5. The van der Waals surface area contributed by atoms with E-state index < -0.39 is 58.2 Å². The Kier molecular flexibility index (Phi) is 12.1. The van der Waals surface area contributed by atoms with E-state index in [-0.39, 0.29) is 30.1 Å². The summed E-state index contributed by atoms with van der Waals surface area (Å²) in [6.07, 6.45) is -4.26. The van der Waals surface area contributed by atoms with Gasteiger partial charge in [0.1, 0.15) is 12.7 Å². The second-order valence-electron chi connectivity index (χ2n) is 11.3. The zero-order chi connectivity index (χ0) is 33.3. The maximum Gasteiger partial charge on any atom is 0.338 e. The van der Waals surface area contributed by atoms with Crippen LogP contribution in [0.1, 0.15) is 40.5 Å². The zero-order valence-corrected chi connectivity index (χ0v) is 26.8. The molecule has 46 heavy (non-hydrogen) atoms. The maximum absolute atomic E-state index is 13.5. The van der Waals surface area contributed by atoms with Gasteiger partial charge in [-0.15, -0.1) is 0 Å². The summed E-state index contributed by atoms with van der Waals surface area (Å²) in [7, 11) is -2.33. The van der Waals surface area contributed by atoms with E-state index in [0.29, 0.717) is 22.3 Å². The van der Waals surface area contributed by atoms with Crippen LogP contribution in [0.2, 0.25) is 0 Å². The third kappa shape index (κ3) is 9.01. The van der Waals surface area contributed by atoms with Crippen LogP contribution in [-0.4, -0.2) is 75.5 Å². The molecule has 0 saturated carbocycles. The van der Waals surface area contributed by atoms with Gasteiger partial charge in [0, 0.05) is 25.9 Å². The lowest BCUT2D eigenvalue weighted by Crippen LogP contribution is -2.38. The number of carbonyl (C=O) groups excluding carboxylic acids is 2. The summed E-state index contributed by atoms with van der Waals surface area (Å²) < 4.78 is 50.7. The lowest BCUT2D eigenvalue weighted by atomic mass is 9.90. The van der Waals surface area contributed by atoms with Crippen LogP contribution >= 0.6 is 0 Å². The van der Waals surface area contributed by atoms with Gasteiger partial charge >= 0.3 is 11.9 Å². The van der Waals surface area contributed by atoms with E-state index in [9.17, 15) is 23.1 Å². The van der Waals surface area contributed by atoms with Crippen LogP contribution in [0.3, 0.4) is 0 Å². The number of esters is 2. The van der Waals surface area contributed by atoms with Crippen LogP contribution in [0.4, 0.5) is 0 Å². The van der Waals surface area contributed by atoms with E-state index in [1.807, 2.05) is 0 Å². The number of sulfone groups is 1. The van der Waals surface area contributed by atoms with Gasteiger partial charge in [-0.05, 0) is 48.9 Å². The van der Waals surface area contributed by atoms with Crippen molar-refractivity contribution in [3.05, 3.63) is 126 Å². The lowest BCUT2D eigenvalue weighted by molar-refractivity contribution is -0.0560. The van der Waals surface area contributed by atoms with Crippen molar-refractivity contribution in [3.63, 3.8) is 0 Å². The topological polar surface area (TPSA) is 125 Å². The number of rotatable bonds is 15. The molecule has 3 aromatic rings. The Morgan fingerprint density at radius 2 is 1.39 bits per heavy atom. The fraction of sp³-hybridized carbons (Fsp3) is 0.333. The average Bonchev–Trinajstić information content (AvgIpc) is 3.37. The first-order valence-corrected chi connectivity index (χ1v) is 16.6. The summed E-state index contributed by atoms with van der Waals surface area (Å²) in [5.74, 6) is -2.24. The highest BCUT2D eigenvalue weighted by Gasteiger charge is 2.48. The highest BCUT2D eigenvalue weighted by atomic mass is 32.2. The number of aliphatic hydroxyl groups is 1. The Labute approximate surface area is 270 Å². The second kappa shape index (κ2) is 16.0. The minimum absolute atomic E-state index is 0.0229. The van der Waals surface area contributed by atoms with Crippen molar-refractivity contribution in [2.24, 2.45) is 5.92 Å². The molecule has 10 heteroatoms. The Hall–Kier alpha value is -4.09. The predicted molar refractivity (Wildman–Crippen MR) is 173 cm³/mol. The van der Waals surface area contributed by atoms with Crippen molar-refractivity contribution >= 4 is 21.8 Å². The van der Waals surface area contributed by atoms with Crippen LogP contribution in [-0.2, 0) is 28.8 Å². The second-order valence-corrected chi connectivity index (χ2v) is 13.4. The number of benzene rings is 3. The number of ether oxygens (including phenoxy) is 4. The van der Waals surface area contributed by atoms with Crippen molar-refractivity contribution in [3.8, 4) is 0 Å². The molecular formula is C36H40O9S. The number of methoxy groups -OCH3 is 1. The highest BCUT2D eigenvalue weighted by molar-refractivity contribution is 7.91. The van der Waals surface area contributed by atoms with Crippen molar-refractivity contribution in [2.75, 3.05) is 19.5 Å². The van der Waals surface area contributed by atoms with Crippen molar-refractivity contribution in [1.82, 2.24) is 0 Å². The molecule has 244 valence electrons. The van der Waals surface area contributed by atoms with E-state index >= 15 is 0 Å². The third-order valence-corrected chi connectivity index (χ3v) is 9.81. The summed E-state index contributed by atoms with van der Waals surface area (Å²) in [5.41, 5.74) is 1.64. The molecule has 4 rings (SSSR count). The van der Waals surface area contributed by atoms with Crippen LogP contribution in [0.5, 0.6) is 0 Å². The molecule has 1 aliphatic heterocycles. The van der Waals surface area contributed by atoms with Gasteiger partial charge in [-0.25, -0.2) is 18.0 Å². The molecular weight excluding hydrogens is 608 g/mol. The third-order valence-electron chi connectivity index (χ3n) is 8.00. The van der Waals surface area contributed by atoms with Gasteiger partial charge in [-0.3, -0.25) is 0 Å². The molecule has 0 aliphatic carbocycles. The van der Waals surface area contributed by atoms with E-state index in [4.69, 9.17) is 18.9 Å². The van der Waals surface area contributed by atoms with E-state index in [1.165, 1.54) is 19.2 Å². The van der Waals surface area contributed by atoms with Gasteiger partial charge in [0.25, 0.3) is 0 Å². The number of carbonyl (C=O) groups is 2. The SMILES string of the molecule is C=C(C)C(=C)[C@H](O)CC1O[C@H](C[C@@H](COC(=O)c2ccccc2)OC(=O)c2ccccc2)[C@H](OC)C1CS(=O)(=O)c1ccccc1. The van der Waals surface area contributed by atoms with Crippen LogP contribution in [0.25, 0.3) is 0 Å². The van der Waals surface area contributed by atoms with Gasteiger partial charge in [-0.2, -0.15) is 0 Å². The standard InChI is InChI=1S/C36H40O9S/c1-24(2)25(3)31(37)21-32-30(23-46(40,41)29-18-12-7-13-19-29)34(42-4)33(45-32)20-28(44-36(39)27-16-10-6-11-17-27)22-43-35(38)26-14-8-5-9-15-26/h5-19,28,30-34,37H,1,3,20-23H2,2,4H3/t28-,30?,31+,32?,33+,34+/m0/s1. The van der Waals surface area contributed by atoms with Gasteiger partial charge in [0.2, 0.25) is 0 Å². The normalized spacial score (nSPS) is 20.8. The molecule has 1 aliphatic rings. The summed E-state index contributed by atoms with van der Waals surface area (Å²) in [6.45, 7) is 9.21. The van der Waals surface area contributed by atoms with E-state index in [1.54, 1.807) is 85.8 Å². The Morgan fingerprint density at radius 1 is 0.848 bits per heavy atom. The largest absolute Gasteiger partial charge is 0.458 e. The van der Waals surface area contributed by atoms with Crippen LogP contribution in [0, 0.1) is 5.92 Å². The summed E-state index contributed by atoms with van der Waals surface area (Å²) in [6, 6.07) is 24.9. The van der Waals surface area contributed by atoms with Crippen molar-refractivity contribution in [2.45, 2.75) is 55.2 Å². The number of hydrogen-bond acceptors (Lipinski definition) is 9. The first-order chi connectivity index (χ1) is 22.0. The molecule has 0 spiro atoms. The molecule has 1 fully saturated rings. The molecule has 1 N–H and O–H groups in total. The molecule has 2 unspecified atom stereocenters. The Morgan fingerprint density at radius 3 is 1.93 bits per heavy atom. The summed E-state index contributed by atoms with van der Waals surface area (Å²) in [5, 5.41) is 10.9. The molecule has 0 amide bonds. The fourth-order valence-electron chi connectivity index (χ4n) is 5.49. The minimum Gasteiger partial charge on any atom is -0.458 e. The number of hydrogen-bond donors (Lipinski definition) is 1. The minimum atomic E-state index is -3.79. The lowest BCUT2D eigenvalue weighted by Gasteiger charge is -2.26. The first kappa shape index (κ1) is 34.8. The molecule has 9 nitrogen and oxygen atoms in total. The average molecular weight is 649 g/mol. The molecule has 0 aromatic heterocycles. The Bertz CT molecular complexity index is 1590. The van der Waals surface area contributed by atoms with Gasteiger partial charge in [-0.1, -0.05) is 73.3 Å². The molecule has 3 aromatic carbocycles. The van der Waals surface area contributed by atoms with Gasteiger partial charge in [0.05, 0.1) is 46.2 Å². The quantitative estimate of drug-likeness (QED) is 0.175. The Balaban J connectivity index is 1.60. The van der Waals surface area contributed by atoms with E-state index in [2.05, 4.69) is 13.2 Å². The summed E-state index contributed by atoms with van der Waals surface area (Å²) >= 11 is 0. The van der Waals surface area contributed by atoms with Gasteiger partial charge < -0.3 is 24.1 Å². The number of aliphatic hydroxyl groups excluding tert-OH is 1. The van der Waals surface area contributed by atoms with E-state index in [0.717, 1.165) is 0 Å². The van der Waals surface area contributed by atoms with Crippen LogP contribution < -0.4 is 0 Å². The fourth-order valence-corrected chi connectivity index (χ4v) is 7.17. The predicted octanol–water partition coefficient (Wildman–Crippen LogP) is 5.21. The highest BCUT2D eigenvalue weighted by Crippen LogP contribution is 2.37. The smallest absolute Gasteiger partial charge is 0.338 e.